The topological polar surface area (TPSA) is 58.2 Å². The fraction of sp³-hybridized carbons (Fsp3) is 0.429. The largest absolute Gasteiger partial charge is 0.355 e. The van der Waals surface area contributed by atoms with Gasteiger partial charge in [0.15, 0.2) is 0 Å². The number of carbonyl (C=O) groups excluding carboxylic acids is 2. The molecule has 0 saturated heterocycles. The van der Waals surface area contributed by atoms with Crippen LogP contribution in [0.25, 0.3) is 0 Å². The van der Waals surface area contributed by atoms with Crippen molar-refractivity contribution in [2.24, 2.45) is 5.41 Å². The fourth-order valence-corrected chi connectivity index (χ4v) is 1.64. The molecule has 0 unspecified atom stereocenters. The molecule has 4 nitrogen and oxygen atoms in total. The summed E-state index contributed by atoms with van der Waals surface area (Å²) in [5, 5.41) is 5.75. The summed E-state index contributed by atoms with van der Waals surface area (Å²) >= 11 is 5.96. The van der Waals surface area contributed by atoms with E-state index in [9.17, 15) is 9.59 Å². The van der Waals surface area contributed by atoms with E-state index in [1.54, 1.807) is 25.2 Å². The van der Waals surface area contributed by atoms with Gasteiger partial charge in [-0.2, -0.15) is 0 Å². The Morgan fingerprint density at radius 3 is 2.42 bits per heavy atom. The van der Waals surface area contributed by atoms with Crippen LogP contribution < -0.4 is 10.6 Å². The number of benzene rings is 1. The number of nitrogens with one attached hydrogen (secondary N) is 2. The third-order valence-electron chi connectivity index (χ3n) is 2.64. The molecule has 0 aliphatic heterocycles. The lowest BCUT2D eigenvalue weighted by atomic mass is 9.95. The minimum Gasteiger partial charge on any atom is -0.355 e. The molecular formula is C14H19ClN2O2. The van der Waals surface area contributed by atoms with Crippen molar-refractivity contribution in [3.8, 4) is 0 Å². The molecule has 0 heterocycles. The third kappa shape index (κ3) is 4.24. The first kappa shape index (κ1) is 15.5. The zero-order valence-corrected chi connectivity index (χ0v) is 12.4. The van der Waals surface area contributed by atoms with Gasteiger partial charge in [-0.25, -0.2) is 0 Å². The van der Waals surface area contributed by atoms with Crippen molar-refractivity contribution in [1.29, 1.82) is 0 Å². The Labute approximate surface area is 118 Å². The molecule has 1 aromatic rings. The highest BCUT2D eigenvalue weighted by Gasteiger charge is 2.20. The molecule has 0 saturated carbocycles. The summed E-state index contributed by atoms with van der Waals surface area (Å²) in [6.45, 7) is 5.91. The first-order valence-electron chi connectivity index (χ1n) is 6.04. The molecule has 0 aromatic heterocycles. The SMILES string of the molecule is CNC(=O)c1cc(CNC(=O)C(C)(C)C)ccc1Cl. The second-order valence-corrected chi connectivity index (χ2v) is 5.73. The van der Waals surface area contributed by atoms with E-state index in [0.717, 1.165) is 5.56 Å². The molecule has 2 N–H and O–H groups in total. The molecular weight excluding hydrogens is 264 g/mol. The first-order chi connectivity index (χ1) is 8.75. The molecule has 0 atom stereocenters. The van der Waals surface area contributed by atoms with Crippen LogP contribution in [-0.4, -0.2) is 18.9 Å². The third-order valence-corrected chi connectivity index (χ3v) is 2.97. The highest BCUT2D eigenvalue weighted by molar-refractivity contribution is 6.33. The Hall–Kier alpha value is -1.55. The van der Waals surface area contributed by atoms with Crippen LogP contribution in [0.5, 0.6) is 0 Å². The molecule has 5 heteroatoms. The van der Waals surface area contributed by atoms with Crippen LogP contribution >= 0.6 is 11.6 Å². The zero-order valence-electron chi connectivity index (χ0n) is 11.6. The Bertz CT molecular complexity index is 493. The van der Waals surface area contributed by atoms with Crippen LogP contribution in [0.2, 0.25) is 5.02 Å². The summed E-state index contributed by atoms with van der Waals surface area (Å²) in [5.74, 6) is -0.280. The Morgan fingerprint density at radius 1 is 1.26 bits per heavy atom. The van der Waals surface area contributed by atoms with E-state index < -0.39 is 5.41 Å². The molecule has 104 valence electrons. The number of carbonyl (C=O) groups is 2. The van der Waals surface area contributed by atoms with Crippen LogP contribution in [0.1, 0.15) is 36.7 Å². The van der Waals surface area contributed by atoms with E-state index in [4.69, 9.17) is 11.6 Å². The average Bonchev–Trinajstić information content (AvgIpc) is 2.35. The number of hydrogen-bond acceptors (Lipinski definition) is 2. The average molecular weight is 283 g/mol. The lowest BCUT2D eigenvalue weighted by Gasteiger charge is -2.17. The van der Waals surface area contributed by atoms with E-state index in [0.29, 0.717) is 17.1 Å². The van der Waals surface area contributed by atoms with Gasteiger partial charge in [-0.15, -0.1) is 0 Å². The van der Waals surface area contributed by atoms with Crippen molar-refractivity contribution in [3.63, 3.8) is 0 Å². The first-order valence-corrected chi connectivity index (χ1v) is 6.42. The normalized spacial score (nSPS) is 11.0. The van der Waals surface area contributed by atoms with Gasteiger partial charge >= 0.3 is 0 Å². The summed E-state index contributed by atoms with van der Waals surface area (Å²) < 4.78 is 0. The smallest absolute Gasteiger partial charge is 0.252 e. The van der Waals surface area contributed by atoms with Crippen molar-refractivity contribution < 1.29 is 9.59 Å². The molecule has 0 spiro atoms. The van der Waals surface area contributed by atoms with Gasteiger partial charge in [0, 0.05) is 19.0 Å². The number of hydrogen-bond donors (Lipinski definition) is 2. The minimum atomic E-state index is -0.434. The van der Waals surface area contributed by atoms with Crippen LogP contribution in [0.4, 0.5) is 0 Å². The summed E-state index contributed by atoms with van der Waals surface area (Å²) in [6.07, 6.45) is 0. The number of rotatable bonds is 3. The molecule has 0 aliphatic carbocycles. The van der Waals surface area contributed by atoms with E-state index in [1.165, 1.54) is 0 Å². The van der Waals surface area contributed by atoms with Crippen LogP contribution in [-0.2, 0) is 11.3 Å². The molecule has 0 fully saturated rings. The highest BCUT2D eigenvalue weighted by atomic mass is 35.5. The number of amides is 2. The van der Waals surface area contributed by atoms with Gasteiger partial charge in [0.1, 0.15) is 0 Å². The molecule has 0 radical (unpaired) electrons. The van der Waals surface area contributed by atoms with Gasteiger partial charge in [0.05, 0.1) is 10.6 Å². The van der Waals surface area contributed by atoms with E-state index >= 15 is 0 Å². The van der Waals surface area contributed by atoms with Gasteiger partial charge in [-0.05, 0) is 17.7 Å². The maximum Gasteiger partial charge on any atom is 0.252 e. The van der Waals surface area contributed by atoms with Crippen molar-refractivity contribution in [2.45, 2.75) is 27.3 Å². The second kappa shape index (κ2) is 6.06. The predicted octanol–water partition coefficient (Wildman–Crippen LogP) is 2.36. The summed E-state index contributed by atoms with van der Waals surface area (Å²) in [5.41, 5.74) is 0.808. The van der Waals surface area contributed by atoms with Gasteiger partial charge in [0.25, 0.3) is 5.91 Å². The monoisotopic (exact) mass is 282 g/mol. The summed E-state index contributed by atoms with van der Waals surface area (Å²) in [6, 6.07) is 5.13. The molecule has 19 heavy (non-hydrogen) atoms. The van der Waals surface area contributed by atoms with Crippen molar-refractivity contribution >= 4 is 23.4 Å². The quantitative estimate of drug-likeness (QED) is 0.894. The van der Waals surface area contributed by atoms with Gasteiger partial charge in [-0.1, -0.05) is 38.4 Å². The molecule has 2 amide bonds. The molecule has 0 aliphatic rings. The van der Waals surface area contributed by atoms with Crippen molar-refractivity contribution in [2.75, 3.05) is 7.05 Å². The lowest BCUT2D eigenvalue weighted by molar-refractivity contribution is -0.128. The minimum absolute atomic E-state index is 0.0380. The number of halogens is 1. The maximum absolute atomic E-state index is 11.8. The van der Waals surface area contributed by atoms with E-state index in [-0.39, 0.29) is 11.8 Å². The molecule has 1 aromatic carbocycles. The molecule has 0 bridgehead atoms. The Kier molecular flexibility index (Phi) is 4.95. The van der Waals surface area contributed by atoms with Crippen molar-refractivity contribution in [1.82, 2.24) is 10.6 Å². The maximum atomic E-state index is 11.8. The van der Waals surface area contributed by atoms with Gasteiger partial charge < -0.3 is 10.6 Å². The second-order valence-electron chi connectivity index (χ2n) is 5.33. The van der Waals surface area contributed by atoms with Crippen LogP contribution in [0.3, 0.4) is 0 Å². The zero-order chi connectivity index (χ0) is 14.6. The van der Waals surface area contributed by atoms with Crippen LogP contribution in [0.15, 0.2) is 18.2 Å². The van der Waals surface area contributed by atoms with Crippen molar-refractivity contribution in [3.05, 3.63) is 34.3 Å². The standard InChI is InChI=1S/C14H19ClN2O2/c1-14(2,3)13(19)17-8-9-5-6-11(15)10(7-9)12(18)16-4/h5-7H,8H2,1-4H3,(H,16,18)(H,17,19). The molecule has 1 rings (SSSR count). The van der Waals surface area contributed by atoms with Crippen LogP contribution in [0, 0.1) is 5.41 Å². The van der Waals surface area contributed by atoms with E-state index in [1.807, 2.05) is 20.8 Å². The predicted molar refractivity (Wildman–Crippen MR) is 76.1 cm³/mol. The van der Waals surface area contributed by atoms with Gasteiger partial charge in [-0.3, -0.25) is 9.59 Å². The Morgan fingerprint density at radius 2 is 1.89 bits per heavy atom. The fourth-order valence-electron chi connectivity index (χ4n) is 1.44. The lowest BCUT2D eigenvalue weighted by Crippen LogP contribution is -2.34. The summed E-state index contributed by atoms with van der Waals surface area (Å²) in [4.78, 5) is 23.4. The highest BCUT2D eigenvalue weighted by Crippen LogP contribution is 2.18. The Balaban J connectivity index is 2.81. The van der Waals surface area contributed by atoms with Gasteiger partial charge in [0.2, 0.25) is 5.91 Å². The van der Waals surface area contributed by atoms with E-state index in [2.05, 4.69) is 10.6 Å². The summed E-state index contributed by atoms with van der Waals surface area (Å²) in [7, 11) is 1.55.